The molecule has 25 heavy (non-hydrogen) atoms. The molecule has 1 aliphatic heterocycles. The Bertz CT molecular complexity index is 630. The quantitative estimate of drug-likeness (QED) is 0.767. The molecule has 1 aliphatic rings. The summed E-state index contributed by atoms with van der Waals surface area (Å²) in [6.07, 6.45) is 3.14. The van der Waals surface area contributed by atoms with Gasteiger partial charge in [0.05, 0.1) is 5.56 Å². The molecule has 0 aromatic carbocycles. The van der Waals surface area contributed by atoms with E-state index in [9.17, 15) is 9.59 Å². The van der Waals surface area contributed by atoms with Gasteiger partial charge in [0.2, 0.25) is 0 Å². The number of amides is 2. The molecule has 6 nitrogen and oxygen atoms in total. The van der Waals surface area contributed by atoms with Crippen LogP contribution in [0.1, 0.15) is 44.0 Å². The fraction of sp³-hybridized carbons (Fsp3) is 0.611. The first-order valence-corrected chi connectivity index (χ1v) is 8.89. The van der Waals surface area contributed by atoms with Gasteiger partial charge < -0.3 is 14.5 Å². The average Bonchev–Trinajstić information content (AvgIpc) is 2.53. The summed E-state index contributed by atoms with van der Waals surface area (Å²) < 4.78 is 5.44. The Morgan fingerprint density at radius 1 is 1.44 bits per heavy atom. The molecule has 0 spiro atoms. The van der Waals surface area contributed by atoms with Gasteiger partial charge in [0, 0.05) is 32.9 Å². The molecule has 1 aromatic heterocycles. The molecule has 1 saturated heterocycles. The van der Waals surface area contributed by atoms with E-state index < -0.39 is 5.60 Å². The number of aromatic nitrogens is 1. The monoisotopic (exact) mass is 367 g/mol. The molecule has 1 fully saturated rings. The van der Waals surface area contributed by atoms with Crippen molar-refractivity contribution in [2.45, 2.75) is 39.2 Å². The van der Waals surface area contributed by atoms with Crippen LogP contribution in [0.25, 0.3) is 0 Å². The highest BCUT2D eigenvalue weighted by Crippen LogP contribution is 2.21. The summed E-state index contributed by atoms with van der Waals surface area (Å²) in [6, 6.07) is 3.36. The highest BCUT2D eigenvalue weighted by atomic mass is 35.5. The first-order chi connectivity index (χ1) is 11.7. The SMILES string of the molecule is CN(CC1CCCN(C(=O)OC(C)(C)C)C1)C(=O)c1cccnc1Cl. The van der Waals surface area contributed by atoms with Crippen molar-refractivity contribution in [2.75, 3.05) is 26.7 Å². The number of halogens is 1. The second kappa shape index (κ2) is 8.04. The molecular formula is C18H26ClN3O3. The molecule has 7 heteroatoms. The lowest BCUT2D eigenvalue weighted by atomic mass is 9.97. The normalized spacial score (nSPS) is 18.0. The maximum atomic E-state index is 12.5. The highest BCUT2D eigenvalue weighted by molar-refractivity contribution is 6.32. The van der Waals surface area contributed by atoms with Gasteiger partial charge in [0.1, 0.15) is 10.8 Å². The Morgan fingerprint density at radius 2 is 2.16 bits per heavy atom. The molecule has 0 aliphatic carbocycles. The van der Waals surface area contributed by atoms with Crippen molar-refractivity contribution in [1.82, 2.24) is 14.8 Å². The zero-order chi connectivity index (χ0) is 18.6. The first kappa shape index (κ1) is 19.5. The Morgan fingerprint density at radius 3 is 2.80 bits per heavy atom. The number of likely N-dealkylation sites (tertiary alicyclic amines) is 1. The maximum absolute atomic E-state index is 12.5. The fourth-order valence-electron chi connectivity index (χ4n) is 2.93. The third kappa shape index (κ3) is 5.59. The number of nitrogens with zero attached hydrogens (tertiary/aromatic N) is 3. The number of ether oxygens (including phenoxy) is 1. The first-order valence-electron chi connectivity index (χ1n) is 8.51. The Kier molecular flexibility index (Phi) is 6.27. The Labute approximate surface area is 154 Å². The maximum Gasteiger partial charge on any atom is 0.410 e. The molecular weight excluding hydrogens is 342 g/mol. The number of hydrogen-bond acceptors (Lipinski definition) is 4. The van der Waals surface area contributed by atoms with Gasteiger partial charge in [-0.2, -0.15) is 0 Å². The van der Waals surface area contributed by atoms with Crippen LogP contribution in [-0.4, -0.2) is 59.1 Å². The van der Waals surface area contributed by atoms with E-state index in [2.05, 4.69) is 4.98 Å². The number of hydrogen-bond donors (Lipinski definition) is 0. The van der Waals surface area contributed by atoms with Crippen molar-refractivity contribution in [3.8, 4) is 0 Å². The largest absolute Gasteiger partial charge is 0.444 e. The van der Waals surface area contributed by atoms with Gasteiger partial charge in [-0.25, -0.2) is 9.78 Å². The van der Waals surface area contributed by atoms with Crippen molar-refractivity contribution < 1.29 is 14.3 Å². The summed E-state index contributed by atoms with van der Waals surface area (Å²) in [6.45, 7) is 7.41. The number of piperidine rings is 1. The lowest BCUT2D eigenvalue weighted by molar-refractivity contribution is 0.0151. The summed E-state index contributed by atoms with van der Waals surface area (Å²) in [4.78, 5) is 32.1. The van der Waals surface area contributed by atoms with E-state index in [0.717, 1.165) is 12.8 Å². The molecule has 0 bridgehead atoms. The van der Waals surface area contributed by atoms with Crippen LogP contribution in [0.2, 0.25) is 5.15 Å². The van der Waals surface area contributed by atoms with Crippen molar-refractivity contribution in [2.24, 2.45) is 5.92 Å². The van der Waals surface area contributed by atoms with Gasteiger partial charge in [0.25, 0.3) is 5.91 Å². The molecule has 2 heterocycles. The van der Waals surface area contributed by atoms with Crippen LogP contribution in [-0.2, 0) is 4.74 Å². The number of carbonyl (C=O) groups is 2. The predicted molar refractivity (Wildman–Crippen MR) is 96.7 cm³/mol. The summed E-state index contributed by atoms with van der Waals surface area (Å²) in [5.74, 6) is 0.0538. The molecule has 2 amide bonds. The second-order valence-corrected chi connectivity index (χ2v) is 7.82. The predicted octanol–water partition coefficient (Wildman–Crippen LogP) is 3.45. The van der Waals surface area contributed by atoms with Crippen molar-refractivity contribution in [3.05, 3.63) is 29.0 Å². The molecule has 0 radical (unpaired) electrons. The van der Waals surface area contributed by atoms with E-state index in [1.54, 1.807) is 35.2 Å². The van der Waals surface area contributed by atoms with E-state index in [4.69, 9.17) is 16.3 Å². The van der Waals surface area contributed by atoms with Crippen LogP contribution in [0.15, 0.2) is 18.3 Å². The third-order valence-electron chi connectivity index (χ3n) is 4.04. The van der Waals surface area contributed by atoms with Gasteiger partial charge in [-0.15, -0.1) is 0 Å². The van der Waals surface area contributed by atoms with E-state index >= 15 is 0 Å². The number of rotatable bonds is 3. The molecule has 1 aromatic rings. The van der Waals surface area contributed by atoms with Gasteiger partial charge in [-0.3, -0.25) is 4.79 Å². The van der Waals surface area contributed by atoms with Crippen molar-refractivity contribution in [1.29, 1.82) is 0 Å². The number of pyridine rings is 1. The van der Waals surface area contributed by atoms with Crippen molar-refractivity contribution in [3.63, 3.8) is 0 Å². The van der Waals surface area contributed by atoms with E-state index in [0.29, 0.717) is 25.2 Å². The minimum atomic E-state index is -0.506. The Hall–Kier alpha value is -1.82. The van der Waals surface area contributed by atoms with Crippen LogP contribution >= 0.6 is 11.6 Å². The van der Waals surface area contributed by atoms with Crippen LogP contribution in [0.4, 0.5) is 4.79 Å². The van der Waals surface area contributed by atoms with Crippen LogP contribution in [0.5, 0.6) is 0 Å². The minimum Gasteiger partial charge on any atom is -0.444 e. The van der Waals surface area contributed by atoms with E-state index in [-0.39, 0.29) is 23.1 Å². The summed E-state index contributed by atoms with van der Waals surface area (Å²) in [5, 5.41) is 0.207. The molecule has 1 atom stereocenters. The standard InChI is InChI=1S/C18H26ClN3O3/c1-18(2,3)25-17(24)22-10-6-7-13(12-22)11-21(4)16(23)14-8-5-9-20-15(14)19/h5,8-9,13H,6-7,10-12H2,1-4H3. The number of carbonyl (C=O) groups excluding carboxylic acids is 2. The van der Waals surface area contributed by atoms with Crippen LogP contribution < -0.4 is 0 Å². The molecule has 138 valence electrons. The van der Waals surface area contributed by atoms with Gasteiger partial charge in [0.15, 0.2) is 0 Å². The molecule has 2 rings (SSSR count). The minimum absolute atomic E-state index is 0.160. The van der Waals surface area contributed by atoms with Crippen molar-refractivity contribution >= 4 is 23.6 Å². The highest BCUT2D eigenvalue weighted by Gasteiger charge is 2.29. The van der Waals surface area contributed by atoms with E-state index in [1.165, 1.54) is 0 Å². The second-order valence-electron chi connectivity index (χ2n) is 7.46. The fourth-order valence-corrected chi connectivity index (χ4v) is 3.13. The topological polar surface area (TPSA) is 62.7 Å². The van der Waals surface area contributed by atoms with Gasteiger partial charge in [-0.1, -0.05) is 11.6 Å². The zero-order valence-corrected chi connectivity index (χ0v) is 16.0. The Balaban J connectivity index is 1.94. The molecule has 0 N–H and O–H groups in total. The van der Waals surface area contributed by atoms with E-state index in [1.807, 2.05) is 20.8 Å². The molecule has 1 unspecified atom stereocenters. The van der Waals surface area contributed by atoms with Crippen LogP contribution in [0, 0.1) is 5.92 Å². The average molecular weight is 368 g/mol. The summed E-state index contributed by atoms with van der Waals surface area (Å²) in [7, 11) is 1.75. The lowest BCUT2D eigenvalue weighted by Gasteiger charge is -2.35. The molecule has 0 saturated carbocycles. The summed E-state index contributed by atoms with van der Waals surface area (Å²) in [5.41, 5.74) is -0.111. The van der Waals surface area contributed by atoms with Crippen LogP contribution in [0.3, 0.4) is 0 Å². The smallest absolute Gasteiger partial charge is 0.410 e. The lowest BCUT2D eigenvalue weighted by Crippen LogP contribution is -2.45. The summed E-state index contributed by atoms with van der Waals surface area (Å²) >= 11 is 6.00. The van der Waals surface area contributed by atoms with Gasteiger partial charge >= 0.3 is 6.09 Å². The third-order valence-corrected chi connectivity index (χ3v) is 4.34. The zero-order valence-electron chi connectivity index (χ0n) is 15.3. The van der Waals surface area contributed by atoms with Gasteiger partial charge in [-0.05, 0) is 51.7 Å².